The van der Waals surface area contributed by atoms with E-state index in [0.29, 0.717) is 43.5 Å². The molecule has 0 spiro atoms. The lowest BCUT2D eigenvalue weighted by Crippen LogP contribution is -2.36. The smallest absolute Gasteiger partial charge is 0.272 e. The summed E-state index contributed by atoms with van der Waals surface area (Å²) in [6.45, 7) is 1.90. The number of halogens is 1. The van der Waals surface area contributed by atoms with Gasteiger partial charge in [-0.05, 0) is 34.9 Å². The van der Waals surface area contributed by atoms with Crippen molar-refractivity contribution < 1.29 is 14.3 Å². The maximum Gasteiger partial charge on any atom is 0.272 e. The lowest BCUT2D eigenvalue weighted by Gasteiger charge is -2.33. The molecule has 8 heteroatoms. The van der Waals surface area contributed by atoms with Crippen molar-refractivity contribution in [3.63, 3.8) is 0 Å². The normalized spacial score (nSPS) is 17.8. The molecule has 2 N–H and O–H groups in total. The Balaban J connectivity index is 1.51. The predicted molar refractivity (Wildman–Crippen MR) is 111 cm³/mol. The van der Waals surface area contributed by atoms with Gasteiger partial charge in [-0.25, -0.2) is 9.97 Å². The molecule has 4 heterocycles. The molecule has 1 unspecified atom stereocenters. The summed E-state index contributed by atoms with van der Waals surface area (Å²) in [5, 5.41) is 0.864. The summed E-state index contributed by atoms with van der Waals surface area (Å²) < 4.78 is 12.3. The average molecular weight is 455 g/mol. The average Bonchev–Trinajstić information content (AvgIpc) is 3.23. The third-order valence-corrected chi connectivity index (χ3v) is 6.11. The molecule has 0 saturated carbocycles. The second-order valence-electron chi connectivity index (χ2n) is 7.32. The van der Waals surface area contributed by atoms with Gasteiger partial charge in [-0.2, -0.15) is 0 Å². The highest BCUT2D eigenvalue weighted by atomic mass is 79.9. The largest absolute Gasteiger partial charge is 0.383 e. The van der Waals surface area contributed by atoms with Crippen molar-refractivity contribution in [1.82, 2.24) is 14.9 Å². The predicted octanol–water partition coefficient (Wildman–Crippen LogP) is 3.35. The Morgan fingerprint density at radius 1 is 1.21 bits per heavy atom. The van der Waals surface area contributed by atoms with Gasteiger partial charge in [0, 0.05) is 22.5 Å². The van der Waals surface area contributed by atoms with Crippen molar-refractivity contribution in [3.8, 4) is 0 Å². The molecule has 2 aliphatic rings. The molecule has 0 aliphatic carbocycles. The van der Waals surface area contributed by atoms with Crippen molar-refractivity contribution in [3.05, 3.63) is 62.9 Å². The molecule has 0 fully saturated rings. The number of anilines is 1. The summed E-state index contributed by atoms with van der Waals surface area (Å²) in [7, 11) is 1.79. The summed E-state index contributed by atoms with van der Waals surface area (Å²) in [5.41, 5.74) is 11.1. The fourth-order valence-electron chi connectivity index (χ4n) is 4.03. The van der Waals surface area contributed by atoms with Gasteiger partial charge in [0.1, 0.15) is 11.5 Å². The Kier molecular flexibility index (Phi) is 4.49. The molecule has 0 bridgehead atoms. The zero-order valence-electron chi connectivity index (χ0n) is 15.8. The second-order valence-corrected chi connectivity index (χ2v) is 8.24. The molecule has 7 nitrogen and oxygen atoms in total. The van der Waals surface area contributed by atoms with Gasteiger partial charge in [-0.1, -0.05) is 22.0 Å². The third kappa shape index (κ3) is 3.08. The molecular formula is C21H19BrN4O3. The zero-order chi connectivity index (χ0) is 20.1. The van der Waals surface area contributed by atoms with Gasteiger partial charge >= 0.3 is 0 Å². The number of benzene rings is 1. The molecule has 2 aromatic heterocycles. The number of hydrogen-bond acceptors (Lipinski definition) is 6. The van der Waals surface area contributed by atoms with Crippen LogP contribution in [0, 0.1) is 0 Å². The number of rotatable bonds is 2. The Morgan fingerprint density at radius 3 is 2.90 bits per heavy atom. The Bertz CT molecular complexity index is 1150. The molecular weight excluding hydrogens is 436 g/mol. The van der Waals surface area contributed by atoms with Crippen molar-refractivity contribution in [2.24, 2.45) is 0 Å². The number of carbonyl (C=O) groups is 1. The molecule has 1 aromatic carbocycles. The number of hydrogen-bond donors (Lipinski definition) is 1. The maximum absolute atomic E-state index is 13.3. The monoisotopic (exact) mass is 454 g/mol. The number of nitrogens with two attached hydrogens (primary N) is 1. The Morgan fingerprint density at radius 2 is 2.03 bits per heavy atom. The first-order valence-corrected chi connectivity index (χ1v) is 10.1. The summed E-state index contributed by atoms with van der Waals surface area (Å²) >= 11 is 3.49. The van der Waals surface area contributed by atoms with Gasteiger partial charge in [0.05, 0.1) is 44.2 Å². The van der Waals surface area contributed by atoms with Gasteiger partial charge in [0.25, 0.3) is 5.91 Å². The SMILES string of the molecule is CN(C(=O)c1cc2c3c(c(N)nc2cn1)COC3)C1COCc2cc(Br)ccc21. The van der Waals surface area contributed by atoms with Gasteiger partial charge in [-0.15, -0.1) is 0 Å². The van der Waals surface area contributed by atoms with E-state index >= 15 is 0 Å². The zero-order valence-corrected chi connectivity index (χ0v) is 17.4. The summed E-state index contributed by atoms with van der Waals surface area (Å²) in [6.07, 6.45) is 1.60. The quantitative estimate of drug-likeness (QED) is 0.638. The minimum atomic E-state index is -0.171. The van der Waals surface area contributed by atoms with Gasteiger partial charge in [-0.3, -0.25) is 4.79 Å². The van der Waals surface area contributed by atoms with Crippen LogP contribution in [0.5, 0.6) is 0 Å². The lowest BCUT2D eigenvalue weighted by molar-refractivity contribution is 0.0342. The van der Waals surface area contributed by atoms with Crippen LogP contribution < -0.4 is 5.73 Å². The maximum atomic E-state index is 13.3. The third-order valence-electron chi connectivity index (χ3n) is 5.62. The minimum absolute atomic E-state index is 0.166. The summed E-state index contributed by atoms with van der Waals surface area (Å²) in [5.74, 6) is 0.297. The van der Waals surface area contributed by atoms with E-state index in [9.17, 15) is 4.79 Å². The van der Waals surface area contributed by atoms with E-state index in [1.807, 2.05) is 18.2 Å². The number of nitrogens with zero attached hydrogens (tertiary/aromatic N) is 3. The highest BCUT2D eigenvalue weighted by Crippen LogP contribution is 2.33. The summed E-state index contributed by atoms with van der Waals surface area (Å²) in [4.78, 5) is 23.7. The molecule has 1 amide bonds. The van der Waals surface area contributed by atoms with E-state index in [1.165, 1.54) is 0 Å². The Hall–Kier alpha value is -2.55. The topological polar surface area (TPSA) is 90.6 Å². The number of pyridine rings is 2. The summed E-state index contributed by atoms with van der Waals surface area (Å²) in [6, 6.07) is 7.69. The van der Waals surface area contributed by atoms with E-state index in [1.54, 1.807) is 24.2 Å². The molecule has 3 aromatic rings. The lowest BCUT2D eigenvalue weighted by atomic mass is 9.97. The number of aromatic nitrogens is 2. The molecule has 2 aliphatic heterocycles. The van der Waals surface area contributed by atoms with Crippen molar-refractivity contribution in [2.75, 3.05) is 19.4 Å². The number of carbonyl (C=O) groups excluding carboxylic acids is 1. The van der Waals surface area contributed by atoms with E-state index in [0.717, 1.165) is 32.1 Å². The molecule has 0 radical (unpaired) electrons. The highest BCUT2D eigenvalue weighted by Gasteiger charge is 2.29. The number of amides is 1. The number of likely N-dealkylation sites (N-methyl/N-ethyl adjacent to an activating group) is 1. The number of fused-ring (bicyclic) bond motifs is 4. The van der Waals surface area contributed by atoms with Crippen molar-refractivity contribution in [2.45, 2.75) is 25.9 Å². The fourth-order valence-corrected chi connectivity index (χ4v) is 4.44. The van der Waals surface area contributed by atoms with Crippen LogP contribution in [0.25, 0.3) is 10.9 Å². The minimum Gasteiger partial charge on any atom is -0.383 e. The van der Waals surface area contributed by atoms with Crippen LogP contribution >= 0.6 is 15.9 Å². The molecule has 5 rings (SSSR count). The molecule has 148 valence electrons. The van der Waals surface area contributed by atoms with Crippen LogP contribution in [0.4, 0.5) is 5.82 Å². The first-order valence-electron chi connectivity index (χ1n) is 9.31. The first-order chi connectivity index (χ1) is 14.0. The molecule has 29 heavy (non-hydrogen) atoms. The van der Waals surface area contributed by atoms with E-state index in [-0.39, 0.29) is 11.9 Å². The van der Waals surface area contributed by atoms with Gasteiger partial charge in [0.2, 0.25) is 0 Å². The highest BCUT2D eigenvalue weighted by molar-refractivity contribution is 9.10. The van der Waals surface area contributed by atoms with E-state index in [2.05, 4.69) is 25.9 Å². The molecule has 0 saturated heterocycles. The van der Waals surface area contributed by atoms with Crippen LogP contribution in [0.2, 0.25) is 0 Å². The molecule has 1 atom stereocenters. The standard InChI is InChI=1S/C21H19BrN4O3/c1-26(19-10-28-7-11-4-12(22)2-3-13(11)19)21(27)17-5-14-15-8-29-9-16(15)20(23)25-18(14)6-24-17/h2-6,19H,7-10H2,1H3,(H2,23,25). The van der Waals surface area contributed by atoms with Crippen molar-refractivity contribution in [1.29, 1.82) is 0 Å². The first kappa shape index (κ1) is 18.5. The fraction of sp³-hybridized carbons (Fsp3) is 0.286. The van der Waals surface area contributed by atoms with Crippen molar-refractivity contribution >= 4 is 38.6 Å². The second kappa shape index (κ2) is 7.05. The number of ether oxygens (including phenoxy) is 2. The van der Waals surface area contributed by atoms with Crippen LogP contribution in [0.3, 0.4) is 0 Å². The van der Waals surface area contributed by atoms with E-state index < -0.39 is 0 Å². The van der Waals surface area contributed by atoms with Crippen LogP contribution in [-0.4, -0.2) is 34.4 Å². The van der Waals surface area contributed by atoms with Crippen LogP contribution in [0.1, 0.15) is 38.8 Å². The van der Waals surface area contributed by atoms with Gasteiger partial charge < -0.3 is 20.1 Å². The van der Waals surface area contributed by atoms with Crippen LogP contribution in [-0.2, 0) is 29.3 Å². The number of nitrogen functional groups attached to an aromatic ring is 1. The van der Waals surface area contributed by atoms with E-state index in [4.69, 9.17) is 15.2 Å². The van der Waals surface area contributed by atoms with Gasteiger partial charge in [0.15, 0.2) is 0 Å². The van der Waals surface area contributed by atoms with Crippen LogP contribution in [0.15, 0.2) is 34.9 Å². The Labute approximate surface area is 176 Å².